The van der Waals surface area contributed by atoms with Crippen molar-refractivity contribution < 1.29 is 23.1 Å². The van der Waals surface area contributed by atoms with Crippen molar-refractivity contribution in [3.63, 3.8) is 0 Å². The maximum Gasteiger partial charge on any atom is 0.303 e. The number of hydrogen-bond acceptors (Lipinski definition) is 4. The van der Waals surface area contributed by atoms with Crippen molar-refractivity contribution in [2.45, 2.75) is 51.6 Å². The zero-order chi connectivity index (χ0) is 22.6. The van der Waals surface area contributed by atoms with Crippen LogP contribution in [0.3, 0.4) is 0 Å². The first-order valence-corrected chi connectivity index (χ1v) is 10.6. The van der Waals surface area contributed by atoms with Crippen LogP contribution in [0.1, 0.15) is 55.7 Å². The highest BCUT2D eigenvalue weighted by Crippen LogP contribution is 2.39. The fourth-order valence-electron chi connectivity index (χ4n) is 4.54. The maximum absolute atomic E-state index is 14.0. The minimum atomic E-state index is -0.842. The molecular formula is C25H29F2NO3. The van der Waals surface area contributed by atoms with Crippen LogP contribution >= 0.6 is 0 Å². The molecule has 6 heteroatoms. The maximum atomic E-state index is 14.0. The summed E-state index contributed by atoms with van der Waals surface area (Å²) in [7, 11) is 0. The summed E-state index contributed by atoms with van der Waals surface area (Å²) < 4.78 is 33.0. The molecule has 1 atom stereocenters. The molecule has 31 heavy (non-hydrogen) atoms. The number of benzene rings is 2. The zero-order valence-corrected chi connectivity index (χ0v) is 18.3. The van der Waals surface area contributed by atoms with Crippen molar-refractivity contribution in [1.29, 1.82) is 0 Å². The van der Waals surface area contributed by atoms with Crippen molar-refractivity contribution in [2.24, 2.45) is 0 Å². The average Bonchev–Trinajstić information content (AvgIpc) is 2.72. The Morgan fingerprint density at radius 2 is 1.65 bits per heavy atom. The Bertz CT molecular complexity index is 934. The average molecular weight is 430 g/mol. The second-order valence-corrected chi connectivity index (χ2v) is 8.39. The van der Waals surface area contributed by atoms with Crippen LogP contribution in [0.15, 0.2) is 42.5 Å². The summed E-state index contributed by atoms with van der Waals surface area (Å²) in [6.45, 7) is 6.85. The van der Waals surface area contributed by atoms with Gasteiger partial charge in [-0.1, -0.05) is 18.2 Å². The van der Waals surface area contributed by atoms with E-state index in [1.165, 1.54) is 31.2 Å². The largest absolute Gasteiger partial charge is 0.454 e. The van der Waals surface area contributed by atoms with Crippen molar-refractivity contribution >= 4 is 11.8 Å². The van der Waals surface area contributed by atoms with Crippen LogP contribution in [0.25, 0.3) is 0 Å². The summed E-state index contributed by atoms with van der Waals surface area (Å²) in [5.74, 6) is -1.29. The summed E-state index contributed by atoms with van der Waals surface area (Å²) >= 11 is 0. The number of aryl methyl sites for hydroxylation is 1. The minimum absolute atomic E-state index is 0.0493. The molecule has 0 saturated carbocycles. The third-order valence-electron chi connectivity index (χ3n) is 6.19. The number of carbonyl (C=O) groups excluding carboxylic acids is 2. The topological polar surface area (TPSA) is 46.6 Å². The Labute approximate surface area is 182 Å². The first kappa shape index (κ1) is 23.1. The molecule has 0 aliphatic carbocycles. The first-order valence-electron chi connectivity index (χ1n) is 10.6. The SMILES string of the molecule is CC(=O)OC1(c2cc(F)ccc2C)CCN(CCC(C(C)=O)c2ccc(F)cc2)CC1. The van der Waals surface area contributed by atoms with E-state index in [0.717, 1.165) is 16.7 Å². The number of hydrogen-bond donors (Lipinski definition) is 0. The Balaban J connectivity index is 1.70. The molecule has 1 fully saturated rings. The second-order valence-electron chi connectivity index (χ2n) is 8.39. The second kappa shape index (κ2) is 9.69. The Hall–Kier alpha value is -2.60. The number of piperidine rings is 1. The smallest absolute Gasteiger partial charge is 0.303 e. The van der Waals surface area contributed by atoms with Crippen molar-refractivity contribution in [3.05, 3.63) is 70.8 Å². The van der Waals surface area contributed by atoms with E-state index in [-0.39, 0.29) is 29.3 Å². The van der Waals surface area contributed by atoms with Crippen LogP contribution in [0.5, 0.6) is 0 Å². The van der Waals surface area contributed by atoms with Crippen LogP contribution in [-0.4, -0.2) is 36.3 Å². The van der Waals surface area contributed by atoms with Gasteiger partial charge in [0.1, 0.15) is 23.0 Å². The van der Waals surface area contributed by atoms with Gasteiger partial charge in [-0.3, -0.25) is 9.59 Å². The summed E-state index contributed by atoms with van der Waals surface area (Å²) in [5, 5.41) is 0. The van der Waals surface area contributed by atoms with Gasteiger partial charge in [-0.25, -0.2) is 8.78 Å². The van der Waals surface area contributed by atoms with E-state index < -0.39 is 5.60 Å². The molecule has 166 valence electrons. The van der Waals surface area contributed by atoms with E-state index >= 15 is 0 Å². The Kier molecular flexibility index (Phi) is 7.21. The van der Waals surface area contributed by atoms with Crippen LogP contribution in [0, 0.1) is 18.6 Å². The fraction of sp³-hybridized carbons (Fsp3) is 0.440. The molecule has 1 aliphatic rings. The monoisotopic (exact) mass is 429 g/mol. The van der Waals surface area contributed by atoms with Crippen LogP contribution < -0.4 is 0 Å². The number of ketones is 1. The van der Waals surface area contributed by atoms with Gasteiger partial charge in [-0.15, -0.1) is 0 Å². The number of ether oxygens (including phenoxy) is 1. The zero-order valence-electron chi connectivity index (χ0n) is 18.3. The van der Waals surface area contributed by atoms with Gasteiger partial charge in [0, 0.05) is 44.3 Å². The van der Waals surface area contributed by atoms with E-state index in [1.807, 2.05) is 6.92 Å². The molecule has 0 spiro atoms. The normalized spacial score (nSPS) is 17.2. The number of esters is 1. The molecule has 0 bridgehead atoms. The lowest BCUT2D eigenvalue weighted by Gasteiger charge is -2.42. The van der Waals surface area contributed by atoms with Gasteiger partial charge in [0.15, 0.2) is 0 Å². The number of likely N-dealkylation sites (tertiary alicyclic amines) is 1. The lowest BCUT2D eigenvalue weighted by Crippen LogP contribution is -2.46. The highest BCUT2D eigenvalue weighted by atomic mass is 19.1. The predicted octanol–water partition coefficient (Wildman–Crippen LogP) is 4.89. The van der Waals surface area contributed by atoms with Crippen molar-refractivity contribution in [3.8, 4) is 0 Å². The molecule has 1 saturated heterocycles. The number of halogens is 2. The number of Topliss-reactive ketones (excluding diaryl/α,β-unsaturated/α-hetero) is 1. The van der Waals surface area contributed by atoms with Gasteiger partial charge < -0.3 is 9.64 Å². The molecule has 0 radical (unpaired) electrons. The molecule has 0 aromatic heterocycles. The van der Waals surface area contributed by atoms with Gasteiger partial charge >= 0.3 is 5.97 Å². The Morgan fingerprint density at radius 3 is 2.23 bits per heavy atom. The van der Waals surface area contributed by atoms with E-state index in [0.29, 0.717) is 38.9 Å². The lowest BCUT2D eigenvalue weighted by atomic mass is 9.81. The highest BCUT2D eigenvalue weighted by Gasteiger charge is 2.40. The standard InChI is InChI=1S/C25H29F2NO3/c1-17-4-7-22(27)16-24(17)25(31-19(3)30)11-14-28(15-12-25)13-10-23(18(2)29)20-5-8-21(26)9-6-20/h4-9,16,23H,10-15H2,1-3H3. The minimum Gasteiger partial charge on any atom is -0.454 e. The summed E-state index contributed by atoms with van der Waals surface area (Å²) in [5.41, 5.74) is 1.58. The molecule has 0 N–H and O–H groups in total. The van der Waals surface area contributed by atoms with Crippen LogP contribution in [-0.2, 0) is 19.9 Å². The molecule has 2 aromatic rings. The molecule has 3 rings (SSSR count). The van der Waals surface area contributed by atoms with E-state index in [9.17, 15) is 18.4 Å². The van der Waals surface area contributed by atoms with E-state index in [1.54, 1.807) is 25.1 Å². The Morgan fingerprint density at radius 1 is 1.03 bits per heavy atom. The van der Waals surface area contributed by atoms with Gasteiger partial charge in [0.2, 0.25) is 0 Å². The third kappa shape index (κ3) is 5.56. The molecule has 1 heterocycles. The quantitative estimate of drug-likeness (QED) is 0.588. The van der Waals surface area contributed by atoms with E-state index in [2.05, 4.69) is 4.90 Å². The molecule has 1 aliphatic heterocycles. The third-order valence-corrected chi connectivity index (χ3v) is 6.19. The highest BCUT2D eigenvalue weighted by molar-refractivity contribution is 5.83. The summed E-state index contributed by atoms with van der Waals surface area (Å²) in [6, 6.07) is 10.7. The molecule has 0 amide bonds. The van der Waals surface area contributed by atoms with Crippen LogP contribution in [0.2, 0.25) is 0 Å². The van der Waals surface area contributed by atoms with E-state index in [4.69, 9.17) is 4.74 Å². The molecular weight excluding hydrogens is 400 g/mol. The fourth-order valence-corrected chi connectivity index (χ4v) is 4.54. The van der Waals surface area contributed by atoms with Gasteiger partial charge in [0.05, 0.1) is 0 Å². The van der Waals surface area contributed by atoms with Gasteiger partial charge in [-0.05, 0) is 62.2 Å². The molecule has 2 aromatic carbocycles. The van der Waals surface area contributed by atoms with Crippen molar-refractivity contribution in [1.82, 2.24) is 4.90 Å². The molecule has 1 unspecified atom stereocenters. The first-order chi connectivity index (χ1) is 14.7. The van der Waals surface area contributed by atoms with Crippen LogP contribution in [0.4, 0.5) is 8.78 Å². The number of nitrogens with zero attached hydrogens (tertiary/aromatic N) is 1. The van der Waals surface area contributed by atoms with Gasteiger partial charge in [-0.2, -0.15) is 0 Å². The molecule has 4 nitrogen and oxygen atoms in total. The number of carbonyl (C=O) groups is 2. The van der Waals surface area contributed by atoms with Gasteiger partial charge in [0.25, 0.3) is 0 Å². The summed E-state index contributed by atoms with van der Waals surface area (Å²) in [4.78, 5) is 26.3. The lowest BCUT2D eigenvalue weighted by molar-refractivity contribution is -0.164. The predicted molar refractivity (Wildman–Crippen MR) is 115 cm³/mol. The summed E-state index contributed by atoms with van der Waals surface area (Å²) in [6.07, 6.45) is 1.73. The van der Waals surface area contributed by atoms with Crippen molar-refractivity contribution in [2.75, 3.05) is 19.6 Å². The number of rotatable bonds is 7.